The third kappa shape index (κ3) is 5.06. The van der Waals surface area contributed by atoms with Crippen molar-refractivity contribution < 1.29 is 27.2 Å². The molecule has 0 saturated carbocycles. The molecule has 27 heavy (non-hydrogen) atoms. The number of ether oxygens (including phenoxy) is 1. The average molecular weight is 377 g/mol. The molecule has 0 aliphatic heterocycles. The van der Waals surface area contributed by atoms with E-state index in [0.717, 1.165) is 17.7 Å². The molecule has 3 rings (SSSR count). The van der Waals surface area contributed by atoms with E-state index in [1.54, 1.807) is 18.5 Å². The molecule has 1 amide bonds. The number of benzene rings is 1. The molecule has 0 aliphatic rings. The first-order chi connectivity index (χ1) is 12.9. The van der Waals surface area contributed by atoms with Crippen LogP contribution in [-0.4, -0.2) is 22.8 Å². The van der Waals surface area contributed by atoms with Crippen molar-refractivity contribution >= 4 is 6.09 Å². The van der Waals surface area contributed by atoms with Gasteiger partial charge >= 0.3 is 12.3 Å². The zero-order chi connectivity index (χ0) is 19.3. The fourth-order valence-electron chi connectivity index (χ4n) is 2.25. The monoisotopic (exact) mass is 377 g/mol. The summed E-state index contributed by atoms with van der Waals surface area (Å²) in [5, 5.41) is 6.14. The minimum Gasteiger partial charge on any atom is -0.388 e. The summed E-state index contributed by atoms with van der Waals surface area (Å²) in [6.07, 6.45) is -1.20. The number of amides is 1. The van der Waals surface area contributed by atoms with Crippen LogP contribution in [-0.2, 0) is 12.6 Å². The molecule has 1 aromatic carbocycles. The quantitative estimate of drug-likeness (QED) is 0.725. The summed E-state index contributed by atoms with van der Waals surface area (Å²) in [4.78, 5) is 15.7. The van der Waals surface area contributed by atoms with Crippen LogP contribution < -0.4 is 10.1 Å². The van der Waals surface area contributed by atoms with Gasteiger partial charge in [-0.05, 0) is 35.3 Å². The van der Waals surface area contributed by atoms with Crippen LogP contribution in [0.1, 0.15) is 11.1 Å². The maximum Gasteiger partial charge on any atom is 0.416 e. The first-order valence-electron chi connectivity index (χ1n) is 7.91. The third-order valence-electron chi connectivity index (χ3n) is 3.59. The molecular formula is C18H14F3N3O3. The van der Waals surface area contributed by atoms with Gasteiger partial charge in [-0.3, -0.25) is 4.98 Å². The maximum atomic E-state index is 12.6. The molecule has 3 aromatic rings. The van der Waals surface area contributed by atoms with Crippen LogP contribution in [0.25, 0.3) is 11.3 Å². The van der Waals surface area contributed by atoms with Crippen molar-refractivity contribution in [3.8, 4) is 17.2 Å². The number of pyridine rings is 1. The lowest BCUT2D eigenvalue weighted by molar-refractivity contribution is -0.137. The second kappa shape index (κ2) is 7.90. The second-order valence-electron chi connectivity index (χ2n) is 5.53. The highest BCUT2D eigenvalue weighted by Crippen LogP contribution is 2.31. The second-order valence-corrected chi connectivity index (χ2v) is 5.53. The normalized spacial score (nSPS) is 11.2. The van der Waals surface area contributed by atoms with Crippen LogP contribution in [0.2, 0.25) is 0 Å². The molecule has 0 spiro atoms. The molecule has 2 aromatic heterocycles. The molecule has 9 heteroatoms. The lowest BCUT2D eigenvalue weighted by atomic mass is 10.1. The Labute approximate surface area is 152 Å². The number of aromatic nitrogens is 2. The van der Waals surface area contributed by atoms with Gasteiger partial charge in [-0.15, -0.1) is 0 Å². The zero-order valence-corrected chi connectivity index (χ0v) is 13.9. The molecule has 0 fully saturated rings. The Morgan fingerprint density at radius 1 is 1.19 bits per heavy atom. The molecule has 140 valence electrons. The number of hydrogen-bond acceptors (Lipinski definition) is 5. The number of hydrogen-bond donors (Lipinski definition) is 1. The van der Waals surface area contributed by atoms with Gasteiger partial charge in [-0.25, -0.2) is 4.79 Å². The van der Waals surface area contributed by atoms with Crippen molar-refractivity contribution in [1.82, 2.24) is 15.5 Å². The largest absolute Gasteiger partial charge is 0.416 e. The predicted molar refractivity (Wildman–Crippen MR) is 88.9 cm³/mol. The highest BCUT2D eigenvalue weighted by molar-refractivity contribution is 5.70. The number of carbonyl (C=O) groups is 1. The summed E-state index contributed by atoms with van der Waals surface area (Å²) in [5.74, 6) is 0.0886. The van der Waals surface area contributed by atoms with Crippen LogP contribution in [0.3, 0.4) is 0 Å². The average Bonchev–Trinajstić information content (AvgIpc) is 3.10. The molecule has 0 aliphatic carbocycles. The van der Waals surface area contributed by atoms with E-state index in [1.807, 2.05) is 6.07 Å². The van der Waals surface area contributed by atoms with Crippen molar-refractivity contribution in [3.63, 3.8) is 0 Å². The minimum absolute atomic E-state index is 0.0937. The van der Waals surface area contributed by atoms with Gasteiger partial charge in [-0.1, -0.05) is 18.2 Å². The van der Waals surface area contributed by atoms with Gasteiger partial charge in [0, 0.05) is 24.5 Å². The van der Waals surface area contributed by atoms with E-state index in [-0.39, 0.29) is 11.6 Å². The molecule has 0 atom stereocenters. The summed E-state index contributed by atoms with van der Waals surface area (Å²) in [7, 11) is 0. The first-order valence-corrected chi connectivity index (χ1v) is 7.91. The van der Waals surface area contributed by atoms with E-state index < -0.39 is 17.8 Å². The van der Waals surface area contributed by atoms with Crippen molar-refractivity contribution in [2.75, 3.05) is 6.54 Å². The van der Waals surface area contributed by atoms with Crippen LogP contribution in [0.15, 0.2) is 59.4 Å². The summed E-state index contributed by atoms with van der Waals surface area (Å²) < 4.78 is 47.7. The van der Waals surface area contributed by atoms with Crippen LogP contribution in [0.5, 0.6) is 5.88 Å². The number of carbonyl (C=O) groups excluding carboxylic acids is 1. The van der Waals surface area contributed by atoms with Crippen LogP contribution >= 0.6 is 0 Å². The summed E-state index contributed by atoms with van der Waals surface area (Å²) in [6.45, 7) is 0.341. The lowest BCUT2D eigenvalue weighted by Gasteiger charge is -2.06. The SMILES string of the molecule is O=C(NCCc1cccnc1)Oc1cc(-c2ccc(C(F)(F)F)cc2)on1. The van der Waals surface area contributed by atoms with Crippen molar-refractivity contribution in [2.24, 2.45) is 0 Å². The Bertz CT molecular complexity index is 893. The summed E-state index contributed by atoms with van der Waals surface area (Å²) >= 11 is 0. The van der Waals surface area contributed by atoms with Crippen molar-refractivity contribution in [1.29, 1.82) is 0 Å². The van der Waals surface area contributed by atoms with Crippen LogP contribution in [0, 0.1) is 0 Å². The molecule has 0 bridgehead atoms. The topological polar surface area (TPSA) is 77.2 Å². The smallest absolute Gasteiger partial charge is 0.388 e. The van der Waals surface area contributed by atoms with Gasteiger partial charge < -0.3 is 14.6 Å². The number of rotatable bonds is 5. The van der Waals surface area contributed by atoms with E-state index in [1.165, 1.54) is 18.2 Å². The van der Waals surface area contributed by atoms with E-state index >= 15 is 0 Å². The van der Waals surface area contributed by atoms with Crippen molar-refractivity contribution in [2.45, 2.75) is 12.6 Å². The van der Waals surface area contributed by atoms with E-state index in [9.17, 15) is 18.0 Å². The Morgan fingerprint density at radius 2 is 1.96 bits per heavy atom. The maximum absolute atomic E-state index is 12.6. The van der Waals surface area contributed by atoms with E-state index in [2.05, 4.69) is 15.5 Å². The Hall–Kier alpha value is -3.36. The Balaban J connectivity index is 1.53. The van der Waals surface area contributed by atoms with Crippen LogP contribution in [0.4, 0.5) is 18.0 Å². The van der Waals surface area contributed by atoms with Gasteiger partial charge in [-0.2, -0.15) is 13.2 Å². The van der Waals surface area contributed by atoms with Gasteiger partial charge in [0.25, 0.3) is 5.88 Å². The molecular weight excluding hydrogens is 363 g/mol. The van der Waals surface area contributed by atoms with Gasteiger partial charge in [0.1, 0.15) is 0 Å². The van der Waals surface area contributed by atoms with E-state index in [0.29, 0.717) is 18.5 Å². The Kier molecular flexibility index (Phi) is 5.39. The molecule has 2 heterocycles. The van der Waals surface area contributed by atoms with Gasteiger partial charge in [0.05, 0.1) is 11.6 Å². The summed E-state index contributed by atoms with van der Waals surface area (Å²) in [5.41, 5.74) is 0.571. The van der Waals surface area contributed by atoms with E-state index in [4.69, 9.17) is 9.26 Å². The standard InChI is InChI=1S/C18H14F3N3O3/c19-18(20,21)14-5-3-13(4-6-14)15-10-16(24-27-15)26-17(25)23-9-7-12-2-1-8-22-11-12/h1-6,8,10-11H,7,9H2,(H,23,25). The fourth-order valence-corrected chi connectivity index (χ4v) is 2.25. The minimum atomic E-state index is -4.41. The number of nitrogens with zero attached hydrogens (tertiary/aromatic N) is 2. The number of nitrogens with one attached hydrogen (secondary N) is 1. The molecule has 6 nitrogen and oxygen atoms in total. The molecule has 1 N–H and O–H groups in total. The molecule has 0 saturated heterocycles. The summed E-state index contributed by atoms with van der Waals surface area (Å²) in [6, 6.07) is 9.37. The number of halogens is 3. The highest BCUT2D eigenvalue weighted by atomic mass is 19.4. The Morgan fingerprint density at radius 3 is 2.63 bits per heavy atom. The fraction of sp³-hybridized carbons (Fsp3) is 0.167. The predicted octanol–water partition coefficient (Wildman–Crippen LogP) is 4.09. The van der Waals surface area contributed by atoms with Crippen molar-refractivity contribution in [3.05, 3.63) is 66.0 Å². The molecule has 0 unspecified atom stereocenters. The highest BCUT2D eigenvalue weighted by Gasteiger charge is 2.30. The number of alkyl halides is 3. The third-order valence-corrected chi connectivity index (χ3v) is 3.59. The zero-order valence-electron chi connectivity index (χ0n) is 13.9. The van der Waals surface area contributed by atoms with Gasteiger partial charge in [0.2, 0.25) is 0 Å². The lowest BCUT2D eigenvalue weighted by Crippen LogP contribution is -2.28. The first kappa shape index (κ1) is 18.4. The molecule has 0 radical (unpaired) electrons. The van der Waals surface area contributed by atoms with Gasteiger partial charge in [0.15, 0.2) is 5.76 Å².